The van der Waals surface area contributed by atoms with E-state index < -0.39 is 0 Å². The molecule has 1 unspecified atom stereocenters. The van der Waals surface area contributed by atoms with Crippen molar-refractivity contribution in [1.29, 1.82) is 0 Å². The summed E-state index contributed by atoms with van der Waals surface area (Å²) >= 11 is 0. The fraction of sp³-hybridized carbons (Fsp3) is 0.0976. The lowest BCUT2D eigenvalue weighted by molar-refractivity contribution is 0.665. The highest BCUT2D eigenvalue weighted by Gasteiger charge is 2.32. The van der Waals surface area contributed by atoms with Crippen molar-refractivity contribution in [2.45, 2.75) is 52.0 Å². The second-order valence-electron chi connectivity index (χ2n) is 23.9. The normalized spacial score (nSPS) is 13.8. The summed E-state index contributed by atoms with van der Waals surface area (Å²) in [4.78, 5) is 5.15. The average Bonchev–Trinajstić information content (AvgIpc) is 2.23. The van der Waals surface area contributed by atoms with Crippen molar-refractivity contribution >= 4 is 116 Å². The third-order valence-corrected chi connectivity index (χ3v) is 18.0. The molecule has 0 aliphatic heterocycles. The van der Waals surface area contributed by atoms with E-state index >= 15 is 0 Å². The number of rotatable bonds is 12. The van der Waals surface area contributed by atoms with Gasteiger partial charge in [0.1, 0.15) is 11.2 Å². The summed E-state index contributed by atoms with van der Waals surface area (Å²) in [5.74, 6) is 0.364. The lowest BCUT2D eigenvalue weighted by atomic mass is 9.83. The molecule has 0 N–H and O–H groups in total. The van der Waals surface area contributed by atoms with Crippen LogP contribution in [0.1, 0.15) is 68.2 Å². The fourth-order valence-corrected chi connectivity index (χ4v) is 14.0. The third kappa shape index (κ3) is 8.50. The molecule has 1 aliphatic rings. The van der Waals surface area contributed by atoms with E-state index in [0.29, 0.717) is 0 Å². The Kier molecular flexibility index (Phi) is 12.3. The molecule has 15 aromatic rings. The van der Waals surface area contributed by atoms with Crippen molar-refractivity contribution in [3.63, 3.8) is 0 Å². The van der Waals surface area contributed by atoms with Crippen LogP contribution in [0.5, 0.6) is 0 Å². The van der Waals surface area contributed by atoms with Gasteiger partial charge in [-0.15, -0.1) is 0 Å². The zero-order valence-electron chi connectivity index (χ0n) is 48.6. The third-order valence-electron chi connectivity index (χ3n) is 18.0. The molecule has 0 amide bonds. The van der Waals surface area contributed by atoms with E-state index in [1.807, 2.05) is 0 Å². The van der Waals surface area contributed by atoms with Crippen LogP contribution in [0.4, 0.5) is 28.4 Å². The minimum absolute atomic E-state index is 0.125. The van der Waals surface area contributed by atoms with E-state index in [1.165, 1.54) is 60.3 Å². The number of furan rings is 2. The molecular formula is C82H62N2O2. The van der Waals surface area contributed by atoms with E-state index in [1.54, 1.807) is 0 Å². The number of hydrogen-bond donors (Lipinski definition) is 0. The summed E-state index contributed by atoms with van der Waals surface area (Å²) in [6.07, 6.45) is 5.69. The van der Waals surface area contributed by atoms with E-state index in [9.17, 15) is 0 Å². The largest absolute Gasteiger partial charge is 0.454 e. The fourth-order valence-electron chi connectivity index (χ4n) is 14.0. The average molecular weight is 1110 g/mol. The summed E-state index contributed by atoms with van der Waals surface area (Å²) in [6, 6.07) is 95.4. The van der Waals surface area contributed by atoms with E-state index in [4.69, 9.17) is 8.83 Å². The van der Waals surface area contributed by atoms with Gasteiger partial charge in [0.05, 0.1) is 28.8 Å². The van der Waals surface area contributed by atoms with Crippen molar-refractivity contribution in [2.75, 3.05) is 9.80 Å². The van der Waals surface area contributed by atoms with Crippen LogP contribution in [0.3, 0.4) is 0 Å². The predicted molar refractivity (Wildman–Crippen MR) is 364 cm³/mol. The predicted octanol–water partition coefficient (Wildman–Crippen LogP) is 23.5. The first-order valence-electron chi connectivity index (χ1n) is 30.3. The maximum atomic E-state index is 7.10. The Bertz CT molecular complexity index is 5090. The number of para-hydroxylation sites is 4. The van der Waals surface area contributed by atoms with Crippen LogP contribution < -0.4 is 9.80 Å². The molecule has 0 radical (unpaired) electrons. The first-order chi connectivity index (χ1) is 42.3. The van der Waals surface area contributed by atoms with Crippen LogP contribution in [0, 0.1) is 0 Å². The van der Waals surface area contributed by atoms with Crippen molar-refractivity contribution in [1.82, 2.24) is 0 Å². The molecule has 0 saturated carbocycles. The molecule has 2 heterocycles. The molecular weight excluding hydrogens is 1040 g/mol. The van der Waals surface area contributed by atoms with Crippen LogP contribution in [0.2, 0.25) is 0 Å². The van der Waals surface area contributed by atoms with Crippen molar-refractivity contribution < 1.29 is 8.83 Å². The van der Waals surface area contributed by atoms with E-state index in [-0.39, 0.29) is 17.9 Å². The van der Waals surface area contributed by atoms with E-state index in [0.717, 1.165) is 106 Å². The molecule has 412 valence electrons. The van der Waals surface area contributed by atoms with Gasteiger partial charge in [0.25, 0.3) is 0 Å². The smallest absolute Gasteiger partial charge is 0.159 e. The zero-order valence-corrected chi connectivity index (χ0v) is 48.6. The van der Waals surface area contributed by atoms with Gasteiger partial charge in [0.15, 0.2) is 11.2 Å². The molecule has 0 bridgehead atoms. The van der Waals surface area contributed by atoms with Gasteiger partial charge >= 0.3 is 0 Å². The Hall–Kier alpha value is -10.4. The second kappa shape index (κ2) is 20.7. The van der Waals surface area contributed by atoms with Gasteiger partial charge in [-0.25, -0.2) is 0 Å². The van der Waals surface area contributed by atoms with Gasteiger partial charge in [-0.3, -0.25) is 0 Å². The quantitative estimate of drug-likeness (QED) is 0.114. The van der Waals surface area contributed by atoms with Crippen LogP contribution in [0.15, 0.2) is 282 Å². The lowest BCUT2D eigenvalue weighted by Crippen LogP contribution is -2.32. The van der Waals surface area contributed by atoms with Crippen molar-refractivity contribution in [3.05, 3.63) is 295 Å². The maximum Gasteiger partial charge on any atom is 0.159 e. The van der Waals surface area contributed by atoms with Gasteiger partial charge in [-0.1, -0.05) is 246 Å². The van der Waals surface area contributed by atoms with Crippen molar-refractivity contribution in [3.8, 4) is 22.3 Å². The SMILES string of the molecule is CC(C)c1cc(N(c2cc(-c3ccccc3)cc(-c3ccccc3)c2)c2cccc3c2oc2ccccc23)c2ccc3c(C(C)C)cc(N(c4cccc5c4oc4ccccc45)C4C=C(c5ccccc5)C=C(c5ccccc5)C4)c4ccc1c2c34. The Morgan fingerprint density at radius 2 is 0.791 bits per heavy atom. The zero-order chi connectivity index (χ0) is 57.6. The number of fused-ring (bicyclic) bond motifs is 6. The number of hydrogen-bond acceptors (Lipinski definition) is 4. The molecule has 1 aliphatic carbocycles. The highest BCUT2D eigenvalue weighted by atomic mass is 16.3. The van der Waals surface area contributed by atoms with Gasteiger partial charge in [-0.2, -0.15) is 0 Å². The molecule has 2 aromatic heterocycles. The van der Waals surface area contributed by atoms with Gasteiger partial charge in [0, 0.05) is 38.0 Å². The monoisotopic (exact) mass is 1110 g/mol. The van der Waals surface area contributed by atoms with Crippen LogP contribution in [-0.4, -0.2) is 6.04 Å². The number of nitrogens with zero attached hydrogens (tertiary/aromatic N) is 2. The summed E-state index contributed by atoms with van der Waals surface area (Å²) in [6.45, 7) is 9.41. The molecule has 4 heteroatoms. The van der Waals surface area contributed by atoms with Gasteiger partial charge in [0.2, 0.25) is 0 Å². The van der Waals surface area contributed by atoms with Gasteiger partial charge in [-0.05, 0) is 150 Å². The molecule has 0 fully saturated rings. The minimum atomic E-state index is -0.125. The summed E-state index contributed by atoms with van der Waals surface area (Å²) in [7, 11) is 0. The molecule has 0 saturated heterocycles. The first kappa shape index (κ1) is 51.2. The topological polar surface area (TPSA) is 32.8 Å². The van der Waals surface area contributed by atoms with E-state index in [2.05, 4.69) is 311 Å². The highest BCUT2D eigenvalue weighted by Crippen LogP contribution is 2.54. The first-order valence-corrected chi connectivity index (χ1v) is 30.3. The summed E-state index contributed by atoms with van der Waals surface area (Å²) < 4.78 is 14.2. The maximum absolute atomic E-state index is 7.10. The van der Waals surface area contributed by atoms with Crippen LogP contribution in [0.25, 0.3) is 110 Å². The Morgan fingerprint density at radius 3 is 1.34 bits per heavy atom. The standard InChI is InChI=1S/C82H62N2O2/c1-51(2)71-49-75(83(73-35-21-33-67-63-31-17-19-37-77(63)85-81(67)73)61-45-57(53-23-9-5-10-24-53)43-58(46-61)54-25-11-6-12-26-54)69-42-40-66-72(52(3)4)50-76(70-41-39-65(71)79(69)80(66)70)84(74-36-22-34-68-64-32-18-20-38-78(64)86-82(68)74)62-47-59(55-27-13-7-14-28-55)44-60(48-62)56-29-15-8-16-30-56/h5-47,49-52,62H,48H2,1-4H3. The Balaban J connectivity index is 1.02. The highest BCUT2D eigenvalue weighted by molar-refractivity contribution is 6.30. The summed E-state index contributed by atoms with van der Waals surface area (Å²) in [5.41, 5.74) is 20.8. The Labute approximate surface area is 501 Å². The van der Waals surface area contributed by atoms with Crippen LogP contribution in [-0.2, 0) is 0 Å². The molecule has 16 rings (SSSR count). The lowest BCUT2D eigenvalue weighted by Gasteiger charge is -2.37. The number of anilines is 5. The van der Waals surface area contributed by atoms with Crippen molar-refractivity contribution in [2.24, 2.45) is 0 Å². The van der Waals surface area contributed by atoms with Crippen LogP contribution >= 0.6 is 0 Å². The number of allylic oxidation sites excluding steroid dienone is 2. The molecule has 1 atom stereocenters. The Morgan fingerprint density at radius 1 is 0.349 bits per heavy atom. The molecule has 13 aromatic carbocycles. The van der Waals surface area contributed by atoms with Gasteiger partial charge < -0.3 is 18.6 Å². The second-order valence-corrected chi connectivity index (χ2v) is 23.9. The molecule has 0 spiro atoms. The molecule has 86 heavy (non-hydrogen) atoms. The number of benzene rings is 13. The minimum Gasteiger partial charge on any atom is -0.454 e. The molecule has 4 nitrogen and oxygen atoms in total. The summed E-state index contributed by atoms with van der Waals surface area (Å²) in [5, 5.41) is 11.8.